The van der Waals surface area contributed by atoms with Crippen LogP contribution < -0.4 is 5.73 Å². The normalized spacial score (nSPS) is 24.6. The molecule has 0 aliphatic carbocycles. The van der Waals surface area contributed by atoms with E-state index in [1.54, 1.807) is 11.0 Å². The first-order valence-electron chi connectivity index (χ1n) is 11.5. The van der Waals surface area contributed by atoms with Gasteiger partial charge in [0.15, 0.2) is 6.10 Å². The van der Waals surface area contributed by atoms with Crippen molar-refractivity contribution in [3.05, 3.63) is 126 Å². The Morgan fingerprint density at radius 3 is 2.09 bits per heavy atom. The standard InChI is InChI=1S/C29H26N2O3S/c1-2-29(28(33)34-24(21-14-8-4-9-15-21)22-16-10-5-11-17-22)19-31-25(32)23(26(31)35-27(29)30)18-20-12-6-3-7-13-20/h2-18,24,26-27H,1,19,30H2/t26-,27?,29?/m1/s1. The average Bonchev–Trinajstić information content (AvgIpc) is 2.91. The summed E-state index contributed by atoms with van der Waals surface area (Å²) in [5, 5.41) is -0.814. The maximum Gasteiger partial charge on any atom is 0.321 e. The van der Waals surface area contributed by atoms with Crippen LogP contribution in [0.1, 0.15) is 22.8 Å². The van der Waals surface area contributed by atoms with E-state index in [2.05, 4.69) is 6.58 Å². The number of thioether (sulfide) groups is 1. The fourth-order valence-electron chi connectivity index (χ4n) is 4.52. The Hall–Kier alpha value is -3.61. The summed E-state index contributed by atoms with van der Waals surface area (Å²) in [6.07, 6.45) is 2.84. The lowest BCUT2D eigenvalue weighted by Crippen LogP contribution is -2.66. The molecule has 176 valence electrons. The van der Waals surface area contributed by atoms with Gasteiger partial charge >= 0.3 is 5.97 Å². The molecule has 0 aromatic heterocycles. The highest BCUT2D eigenvalue weighted by atomic mass is 32.2. The number of carbonyl (C=O) groups excluding carboxylic acids is 2. The van der Waals surface area contributed by atoms with Crippen molar-refractivity contribution in [1.29, 1.82) is 0 Å². The molecule has 2 aliphatic heterocycles. The quantitative estimate of drug-likeness (QED) is 0.237. The first kappa shape index (κ1) is 23.1. The Kier molecular flexibility index (Phi) is 6.32. The predicted molar refractivity (Wildman–Crippen MR) is 139 cm³/mol. The first-order valence-corrected chi connectivity index (χ1v) is 12.4. The van der Waals surface area contributed by atoms with Gasteiger partial charge in [-0.3, -0.25) is 9.59 Å². The summed E-state index contributed by atoms with van der Waals surface area (Å²) in [4.78, 5) is 28.4. The number of fused-ring (bicyclic) bond motifs is 1. The molecule has 2 N–H and O–H groups in total. The van der Waals surface area contributed by atoms with Gasteiger partial charge in [-0.05, 0) is 22.8 Å². The van der Waals surface area contributed by atoms with Gasteiger partial charge in [0.2, 0.25) is 0 Å². The number of amides is 1. The van der Waals surface area contributed by atoms with Crippen molar-refractivity contribution in [1.82, 2.24) is 4.90 Å². The van der Waals surface area contributed by atoms with Gasteiger partial charge in [0.05, 0.1) is 10.9 Å². The Bertz CT molecular complexity index is 1220. The van der Waals surface area contributed by atoms with E-state index >= 15 is 0 Å². The largest absolute Gasteiger partial charge is 0.452 e. The van der Waals surface area contributed by atoms with Crippen LogP contribution in [0.3, 0.4) is 0 Å². The fraction of sp³-hybridized carbons (Fsp3) is 0.172. The highest BCUT2D eigenvalue weighted by Crippen LogP contribution is 2.49. The number of hydrogen-bond donors (Lipinski definition) is 1. The Morgan fingerprint density at radius 1 is 1.00 bits per heavy atom. The van der Waals surface area contributed by atoms with E-state index in [0.717, 1.165) is 16.7 Å². The summed E-state index contributed by atoms with van der Waals surface area (Å²) in [5.41, 5.74) is 8.72. The van der Waals surface area contributed by atoms with E-state index in [1.165, 1.54) is 11.8 Å². The van der Waals surface area contributed by atoms with Crippen LogP contribution in [0.5, 0.6) is 0 Å². The second-order valence-corrected chi connectivity index (χ2v) is 9.93. The summed E-state index contributed by atoms with van der Waals surface area (Å²) in [7, 11) is 0. The molecule has 35 heavy (non-hydrogen) atoms. The van der Waals surface area contributed by atoms with Crippen molar-refractivity contribution < 1.29 is 14.3 Å². The zero-order valence-electron chi connectivity index (χ0n) is 19.1. The molecule has 0 saturated carbocycles. The maximum absolute atomic E-state index is 13.7. The number of hydrogen-bond acceptors (Lipinski definition) is 5. The van der Waals surface area contributed by atoms with E-state index in [4.69, 9.17) is 10.5 Å². The molecular formula is C29H26N2O3S. The lowest BCUT2D eigenvalue weighted by Gasteiger charge is -2.53. The number of ether oxygens (including phenoxy) is 1. The van der Waals surface area contributed by atoms with Crippen LogP contribution in [-0.2, 0) is 14.3 Å². The van der Waals surface area contributed by atoms with Crippen LogP contribution in [0.25, 0.3) is 6.08 Å². The van der Waals surface area contributed by atoms with Crippen molar-refractivity contribution in [2.45, 2.75) is 16.9 Å². The van der Waals surface area contributed by atoms with Crippen LogP contribution in [0.15, 0.2) is 109 Å². The third-order valence-electron chi connectivity index (χ3n) is 6.57. The van der Waals surface area contributed by atoms with Crippen molar-refractivity contribution in [3.8, 4) is 0 Å². The van der Waals surface area contributed by atoms with Gasteiger partial charge in [0, 0.05) is 6.54 Å². The molecule has 2 unspecified atom stereocenters. The smallest absolute Gasteiger partial charge is 0.321 e. The summed E-state index contributed by atoms with van der Waals surface area (Å²) < 4.78 is 6.14. The molecule has 2 heterocycles. The predicted octanol–water partition coefficient (Wildman–Crippen LogP) is 4.78. The van der Waals surface area contributed by atoms with Crippen LogP contribution in [0, 0.1) is 5.41 Å². The van der Waals surface area contributed by atoms with Crippen LogP contribution >= 0.6 is 11.8 Å². The van der Waals surface area contributed by atoms with E-state index in [9.17, 15) is 9.59 Å². The summed E-state index contributed by atoms with van der Waals surface area (Å²) in [6, 6.07) is 28.9. The number of nitrogens with zero attached hydrogens (tertiary/aromatic N) is 1. The summed E-state index contributed by atoms with van der Waals surface area (Å²) >= 11 is 1.39. The van der Waals surface area contributed by atoms with Crippen LogP contribution in [-0.4, -0.2) is 34.1 Å². The van der Waals surface area contributed by atoms with Gasteiger partial charge in [-0.25, -0.2) is 0 Å². The highest BCUT2D eigenvalue weighted by molar-refractivity contribution is 8.00. The molecule has 3 aromatic carbocycles. The van der Waals surface area contributed by atoms with E-state index < -0.39 is 22.9 Å². The molecule has 2 saturated heterocycles. The number of rotatable bonds is 6. The number of carbonyl (C=O) groups is 2. The molecule has 0 radical (unpaired) electrons. The Balaban J connectivity index is 1.41. The van der Waals surface area contributed by atoms with Gasteiger partial charge in [0.25, 0.3) is 5.91 Å². The minimum atomic E-state index is -1.23. The van der Waals surface area contributed by atoms with Crippen molar-refractivity contribution in [2.24, 2.45) is 11.1 Å². The first-order chi connectivity index (χ1) is 17.0. The number of esters is 1. The highest BCUT2D eigenvalue weighted by Gasteiger charge is 2.58. The number of benzene rings is 3. The zero-order valence-corrected chi connectivity index (χ0v) is 19.9. The van der Waals surface area contributed by atoms with Gasteiger partial charge in [-0.15, -0.1) is 18.3 Å². The van der Waals surface area contributed by atoms with Gasteiger partial charge in [-0.1, -0.05) is 97.1 Å². The summed E-state index contributed by atoms with van der Waals surface area (Å²) in [6.45, 7) is 4.06. The van der Waals surface area contributed by atoms with Crippen LogP contribution in [0.4, 0.5) is 0 Å². The molecule has 0 spiro atoms. The minimum Gasteiger partial charge on any atom is -0.452 e. The molecule has 5 rings (SSSR count). The maximum atomic E-state index is 13.7. The average molecular weight is 483 g/mol. The van der Waals surface area contributed by atoms with Gasteiger partial charge in [0.1, 0.15) is 10.8 Å². The minimum absolute atomic E-state index is 0.0973. The van der Waals surface area contributed by atoms with Gasteiger partial charge in [-0.2, -0.15) is 0 Å². The SMILES string of the molecule is C=CC1(C(=O)OC(c2ccccc2)c2ccccc2)CN2C(=O)C(=Cc3ccccc3)[C@H]2SC1N. The van der Waals surface area contributed by atoms with E-state index in [-0.39, 0.29) is 17.8 Å². The van der Waals surface area contributed by atoms with Crippen molar-refractivity contribution >= 4 is 29.7 Å². The lowest BCUT2D eigenvalue weighted by molar-refractivity contribution is -0.160. The number of nitrogens with two attached hydrogens (primary N) is 1. The lowest BCUT2D eigenvalue weighted by atomic mass is 9.84. The second kappa shape index (κ2) is 9.56. The molecule has 2 fully saturated rings. The molecule has 3 atom stereocenters. The molecule has 1 amide bonds. The molecule has 2 aliphatic rings. The molecule has 0 bridgehead atoms. The van der Waals surface area contributed by atoms with Gasteiger partial charge < -0.3 is 15.4 Å². The third kappa shape index (κ3) is 4.20. The fourth-order valence-corrected chi connectivity index (χ4v) is 5.94. The second-order valence-electron chi connectivity index (χ2n) is 8.70. The van der Waals surface area contributed by atoms with E-state index in [1.807, 2.05) is 97.1 Å². The topological polar surface area (TPSA) is 72.6 Å². The monoisotopic (exact) mass is 482 g/mol. The molecular weight excluding hydrogens is 456 g/mol. The number of β-lactam (4-membered cyclic amide) rings is 1. The van der Waals surface area contributed by atoms with Crippen LogP contribution in [0.2, 0.25) is 0 Å². The third-order valence-corrected chi connectivity index (χ3v) is 8.05. The molecule has 5 nitrogen and oxygen atoms in total. The molecule has 6 heteroatoms. The summed E-state index contributed by atoms with van der Waals surface area (Å²) in [5.74, 6) is -0.586. The van der Waals surface area contributed by atoms with Crippen molar-refractivity contribution in [3.63, 3.8) is 0 Å². The molecule has 3 aromatic rings. The zero-order chi connectivity index (χ0) is 24.4. The Labute approximate surface area is 209 Å². The van der Waals surface area contributed by atoms with Crippen molar-refractivity contribution in [2.75, 3.05) is 6.54 Å². The Morgan fingerprint density at radius 2 is 1.54 bits per heavy atom. The van der Waals surface area contributed by atoms with E-state index in [0.29, 0.717) is 5.57 Å².